The van der Waals surface area contributed by atoms with Crippen LogP contribution in [0.3, 0.4) is 0 Å². The average Bonchev–Trinajstić information content (AvgIpc) is 3.44. The fourth-order valence-electron chi connectivity index (χ4n) is 3.87. The van der Waals surface area contributed by atoms with Gasteiger partial charge in [0.05, 0.1) is 6.04 Å². The molecule has 9 heteroatoms. The lowest BCUT2D eigenvalue weighted by atomic mass is 9.98. The van der Waals surface area contributed by atoms with Gasteiger partial charge in [-0.1, -0.05) is 54.6 Å². The smallest absolute Gasteiger partial charge is 0.407 e. The van der Waals surface area contributed by atoms with Crippen molar-refractivity contribution >= 4 is 29.3 Å². The summed E-state index contributed by atoms with van der Waals surface area (Å²) in [6, 6.07) is 15.8. The molecule has 1 aromatic heterocycles. The zero-order chi connectivity index (χ0) is 24.1. The van der Waals surface area contributed by atoms with Crippen LogP contribution in [-0.4, -0.2) is 41.2 Å². The molecular formula is C25H23N3O5S. The van der Waals surface area contributed by atoms with Gasteiger partial charge in [0.15, 0.2) is 0 Å². The van der Waals surface area contributed by atoms with E-state index in [4.69, 9.17) is 9.84 Å². The Morgan fingerprint density at radius 3 is 2.41 bits per heavy atom. The standard InChI is InChI=1S/C25H23N3O5S/c1-15(24-28-21(14-34-24)23(31)26-12-6-11-22(29)30)27-25(32)33-13-20-18-9-4-2-7-16(18)17-8-3-5-10-19(17)20/h2-11,14-15,20H,12-13H2,1H3,(H,26,31)(H,27,32)(H,29,30)/b11-6+. The first-order valence-electron chi connectivity index (χ1n) is 10.7. The topological polar surface area (TPSA) is 118 Å². The summed E-state index contributed by atoms with van der Waals surface area (Å²) in [6.45, 7) is 2.05. The highest BCUT2D eigenvalue weighted by atomic mass is 32.1. The third kappa shape index (κ3) is 5.15. The maximum absolute atomic E-state index is 12.5. The van der Waals surface area contributed by atoms with Crippen molar-refractivity contribution < 1.29 is 24.2 Å². The zero-order valence-corrected chi connectivity index (χ0v) is 19.2. The molecule has 4 rings (SSSR count). The predicted octanol–water partition coefficient (Wildman–Crippen LogP) is 4.11. The van der Waals surface area contributed by atoms with Crippen molar-refractivity contribution in [1.82, 2.24) is 15.6 Å². The first-order chi connectivity index (χ1) is 16.4. The van der Waals surface area contributed by atoms with E-state index < -0.39 is 24.0 Å². The van der Waals surface area contributed by atoms with Gasteiger partial charge in [-0.2, -0.15) is 0 Å². The number of hydrogen-bond acceptors (Lipinski definition) is 6. The number of benzene rings is 2. The number of carbonyl (C=O) groups excluding carboxylic acids is 2. The molecule has 0 saturated carbocycles. The SMILES string of the molecule is CC(NC(=O)OCC1c2ccccc2-c2ccccc21)c1nc(C(=O)NC/C=C/C(=O)O)cs1. The van der Waals surface area contributed by atoms with Crippen molar-refractivity contribution in [1.29, 1.82) is 0 Å². The molecule has 0 spiro atoms. The molecule has 3 aromatic rings. The lowest BCUT2D eigenvalue weighted by Gasteiger charge is -2.16. The number of carboxylic acid groups (broad SMARTS) is 1. The van der Waals surface area contributed by atoms with Crippen LogP contribution in [-0.2, 0) is 9.53 Å². The van der Waals surface area contributed by atoms with Crippen molar-refractivity contribution in [3.05, 3.63) is 87.9 Å². The molecule has 1 aliphatic carbocycles. The highest BCUT2D eigenvalue weighted by Crippen LogP contribution is 2.44. The van der Waals surface area contributed by atoms with Gasteiger partial charge in [-0.25, -0.2) is 14.6 Å². The second kappa shape index (κ2) is 10.3. The molecule has 34 heavy (non-hydrogen) atoms. The Kier molecular flexibility index (Phi) is 7.03. The third-order valence-electron chi connectivity index (χ3n) is 5.44. The van der Waals surface area contributed by atoms with E-state index in [-0.39, 0.29) is 24.8 Å². The van der Waals surface area contributed by atoms with Gasteiger partial charge in [0.1, 0.15) is 17.3 Å². The van der Waals surface area contributed by atoms with Crippen LogP contribution in [0.4, 0.5) is 4.79 Å². The van der Waals surface area contributed by atoms with E-state index in [1.165, 1.54) is 17.4 Å². The molecule has 0 aliphatic heterocycles. The number of aliphatic carboxylic acids is 1. The Bertz CT molecular complexity index is 1210. The number of amides is 2. The van der Waals surface area contributed by atoms with Crippen LogP contribution >= 0.6 is 11.3 Å². The number of nitrogens with one attached hydrogen (secondary N) is 2. The van der Waals surface area contributed by atoms with E-state index in [2.05, 4.69) is 39.9 Å². The van der Waals surface area contributed by atoms with E-state index in [0.717, 1.165) is 28.3 Å². The van der Waals surface area contributed by atoms with Crippen molar-refractivity contribution in [2.45, 2.75) is 18.9 Å². The lowest BCUT2D eigenvalue weighted by molar-refractivity contribution is -0.131. The second-order valence-electron chi connectivity index (χ2n) is 7.71. The fraction of sp³-hybridized carbons (Fsp3) is 0.200. The summed E-state index contributed by atoms with van der Waals surface area (Å²) in [7, 11) is 0. The Balaban J connectivity index is 1.32. The lowest BCUT2D eigenvalue weighted by Crippen LogP contribution is -2.29. The third-order valence-corrected chi connectivity index (χ3v) is 6.47. The number of fused-ring (bicyclic) bond motifs is 3. The minimum Gasteiger partial charge on any atom is -0.478 e. The quantitative estimate of drug-likeness (QED) is 0.420. The zero-order valence-electron chi connectivity index (χ0n) is 18.4. The Morgan fingerprint density at radius 2 is 1.76 bits per heavy atom. The molecule has 1 aliphatic rings. The Hall–Kier alpha value is -3.98. The number of hydrogen-bond donors (Lipinski definition) is 3. The number of ether oxygens (including phenoxy) is 1. The molecular weight excluding hydrogens is 454 g/mol. The minimum atomic E-state index is -1.08. The molecule has 174 valence electrons. The highest BCUT2D eigenvalue weighted by molar-refractivity contribution is 7.09. The molecule has 0 radical (unpaired) electrons. The van der Waals surface area contributed by atoms with Crippen LogP contribution in [0.1, 0.15) is 45.5 Å². The normalized spacial score (nSPS) is 13.2. The van der Waals surface area contributed by atoms with Crippen molar-refractivity contribution in [3.8, 4) is 11.1 Å². The molecule has 1 unspecified atom stereocenters. The number of thiazole rings is 1. The maximum atomic E-state index is 12.5. The van der Waals surface area contributed by atoms with E-state index in [1.807, 2.05) is 24.3 Å². The van der Waals surface area contributed by atoms with Gasteiger partial charge in [-0.05, 0) is 29.2 Å². The van der Waals surface area contributed by atoms with Gasteiger partial charge < -0.3 is 20.5 Å². The van der Waals surface area contributed by atoms with Crippen LogP contribution in [0.2, 0.25) is 0 Å². The van der Waals surface area contributed by atoms with E-state index in [0.29, 0.717) is 5.01 Å². The second-order valence-corrected chi connectivity index (χ2v) is 8.60. The van der Waals surface area contributed by atoms with E-state index in [9.17, 15) is 14.4 Å². The summed E-state index contributed by atoms with van der Waals surface area (Å²) < 4.78 is 5.56. The molecule has 2 amide bonds. The molecule has 3 N–H and O–H groups in total. The number of alkyl carbamates (subject to hydrolysis) is 1. The van der Waals surface area contributed by atoms with Gasteiger partial charge in [0.25, 0.3) is 5.91 Å². The van der Waals surface area contributed by atoms with Crippen LogP contribution in [0.25, 0.3) is 11.1 Å². The summed E-state index contributed by atoms with van der Waals surface area (Å²) in [6.07, 6.45) is 1.72. The summed E-state index contributed by atoms with van der Waals surface area (Å²) >= 11 is 1.24. The van der Waals surface area contributed by atoms with Crippen LogP contribution < -0.4 is 10.6 Å². The monoisotopic (exact) mass is 477 g/mol. The maximum Gasteiger partial charge on any atom is 0.407 e. The first-order valence-corrected chi connectivity index (χ1v) is 11.6. The van der Waals surface area contributed by atoms with Crippen LogP contribution in [0, 0.1) is 0 Å². The minimum absolute atomic E-state index is 0.0289. The summed E-state index contributed by atoms with van der Waals surface area (Å²) in [4.78, 5) is 39.3. The number of aromatic nitrogens is 1. The van der Waals surface area contributed by atoms with Crippen molar-refractivity contribution in [3.63, 3.8) is 0 Å². The van der Waals surface area contributed by atoms with Crippen LogP contribution in [0.15, 0.2) is 66.1 Å². The van der Waals surface area contributed by atoms with E-state index >= 15 is 0 Å². The summed E-state index contributed by atoms with van der Waals surface area (Å²) in [5.74, 6) is -1.54. The molecule has 8 nitrogen and oxygen atoms in total. The van der Waals surface area contributed by atoms with Gasteiger partial charge in [0.2, 0.25) is 0 Å². The van der Waals surface area contributed by atoms with Gasteiger partial charge in [-0.3, -0.25) is 4.79 Å². The highest BCUT2D eigenvalue weighted by Gasteiger charge is 2.29. The van der Waals surface area contributed by atoms with Gasteiger partial charge in [-0.15, -0.1) is 11.3 Å². The number of nitrogens with zero attached hydrogens (tertiary/aromatic N) is 1. The molecule has 0 saturated heterocycles. The summed E-state index contributed by atoms with van der Waals surface area (Å²) in [5, 5.41) is 16.0. The number of rotatable bonds is 8. The van der Waals surface area contributed by atoms with Gasteiger partial charge in [0, 0.05) is 23.9 Å². The molecule has 0 fully saturated rings. The number of carboxylic acids is 1. The van der Waals surface area contributed by atoms with Gasteiger partial charge >= 0.3 is 12.1 Å². The molecule has 2 aromatic carbocycles. The number of carbonyl (C=O) groups is 3. The predicted molar refractivity (Wildman–Crippen MR) is 128 cm³/mol. The molecule has 1 atom stereocenters. The van der Waals surface area contributed by atoms with Crippen molar-refractivity contribution in [2.75, 3.05) is 13.2 Å². The fourth-order valence-corrected chi connectivity index (χ4v) is 4.68. The Morgan fingerprint density at radius 1 is 1.12 bits per heavy atom. The van der Waals surface area contributed by atoms with E-state index in [1.54, 1.807) is 12.3 Å². The molecule has 0 bridgehead atoms. The first kappa shape index (κ1) is 23.2. The summed E-state index contributed by atoms with van der Waals surface area (Å²) in [5.41, 5.74) is 4.79. The largest absolute Gasteiger partial charge is 0.478 e. The Labute approximate surface area is 200 Å². The average molecular weight is 478 g/mol. The van der Waals surface area contributed by atoms with Crippen LogP contribution in [0.5, 0.6) is 0 Å². The van der Waals surface area contributed by atoms with Crippen molar-refractivity contribution in [2.24, 2.45) is 0 Å². The molecule has 1 heterocycles.